The van der Waals surface area contributed by atoms with E-state index in [-0.39, 0.29) is 11.3 Å². The molecular weight excluding hydrogens is 323 g/mol. The van der Waals surface area contributed by atoms with E-state index in [0.29, 0.717) is 0 Å². The van der Waals surface area contributed by atoms with Crippen molar-refractivity contribution in [3.63, 3.8) is 0 Å². The summed E-state index contributed by atoms with van der Waals surface area (Å²) in [6.45, 7) is 3.27. The zero-order chi connectivity index (χ0) is 18.1. The zero-order valence-corrected chi connectivity index (χ0v) is 13.6. The van der Waals surface area contributed by atoms with Gasteiger partial charge in [-0.2, -0.15) is 0 Å². The van der Waals surface area contributed by atoms with Crippen LogP contribution < -0.4 is 0 Å². The number of methoxy groups -OCH3 is 2. The number of carbonyl (C=O) groups excluding carboxylic acids is 1. The molecule has 24 heavy (non-hydrogen) atoms. The third kappa shape index (κ3) is 3.26. The number of carbonyl (C=O) groups is 1. The van der Waals surface area contributed by atoms with Gasteiger partial charge < -0.3 is 9.47 Å². The third-order valence-corrected chi connectivity index (χ3v) is 3.72. The summed E-state index contributed by atoms with van der Waals surface area (Å²) in [5.41, 5.74) is -2.20. The van der Waals surface area contributed by atoms with Gasteiger partial charge in [0.15, 0.2) is 0 Å². The van der Waals surface area contributed by atoms with Gasteiger partial charge in [-0.3, -0.25) is 0 Å². The molecule has 0 atom stereocenters. The summed E-state index contributed by atoms with van der Waals surface area (Å²) in [6, 6.07) is 4.07. The van der Waals surface area contributed by atoms with E-state index in [1.54, 1.807) is 13.8 Å². The molecule has 0 aliphatic heterocycles. The van der Waals surface area contributed by atoms with Crippen LogP contribution in [0.3, 0.4) is 0 Å². The SMILES string of the molecule is COC(=O)c1ccc(F)c(-c2c(F)cc(C(C)(C)OC)cc2F)n1. The molecule has 1 heterocycles. The van der Waals surface area contributed by atoms with Gasteiger partial charge in [-0.1, -0.05) is 0 Å². The quantitative estimate of drug-likeness (QED) is 0.794. The zero-order valence-electron chi connectivity index (χ0n) is 13.6. The Morgan fingerprint density at radius 3 is 2.12 bits per heavy atom. The van der Waals surface area contributed by atoms with Gasteiger partial charge in [-0.05, 0) is 43.7 Å². The predicted molar refractivity (Wildman–Crippen MR) is 80.9 cm³/mol. The highest BCUT2D eigenvalue weighted by molar-refractivity contribution is 5.87. The maximum atomic E-state index is 14.4. The van der Waals surface area contributed by atoms with Crippen molar-refractivity contribution in [2.75, 3.05) is 14.2 Å². The maximum absolute atomic E-state index is 14.4. The van der Waals surface area contributed by atoms with E-state index in [1.165, 1.54) is 7.11 Å². The molecule has 0 amide bonds. The Morgan fingerprint density at radius 2 is 1.62 bits per heavy atom. The molecule has 0 fully saturated rings. The summed E-state index contributed by atoms with van der Waals surface area (Å²) in [4.78, 5) is 15.2. The Balaban J connectivity index is 2.64. The Kier molecular flexibility index (Phi) is 4.94. The standard InChI is InChI=1S/C17H16F3NO3/c1-17(2,24-4)9-7-11(19)14(12(20)8-9)15-10(18)5-6-13(21-15)16(22)23-3/h5-8H,1-4H3. The molecule has 4 nitrogen and oxygen atoms in total. The molecule has 2 aromatic rings. The van der Waals surface area contributed by atoms with Crippen molar-refractivity contribution >= 4 is 5.97 Å². The molecule has 0 aliphatic rings. The molecule has 0 bridgehead atoms. The van der Waals surface area contributed by atoms with Crippen molar-refractivity contribution in [1.82, 2.24) is 4.98 Å². The fourth-order valence-electron chi connectivity index (χ4n) is 2.10. The van der Waals surface area contributed by atoms with Crippen LogP contribution in [0.25, 0.3) is 11.3 Å². The number of nitrogens with zero attached hydrogens (tertiary/aromatic N) is 1. The third-order valence-electron chi connectivity index (χ3n) is 3.72. The number of benzene rings is 1. The molecular formula is C17H16F3NO3. The van der Waals surface area contributed by atoms with Crippen LogP contribution in [0.5, 0.6) is 0 Å². The molecule has 7 heteroatoms. The van der Waals surface area contributed by atoms with Crippen LogP contribution in [0.2, 0.25) is 0 Å². The van der Waals surface area contributed by atoms with E-state index >= 15 is 0 Å². The van der Waals surface area contributed by atoms with Crippen molar-refractivity contribution in [3.05, 3.63) is 53.0 Å². The van der Waals surface area contributed by atoms with Gasteiger partial charge in [0.1, 0.15) is 28.8 Å². The molecule has 0 saturated heterocycles. The molecule has 1 aromatic carbocycles. The van der Waals surface area contributed by atoms with Crippen molar-refractivity contribution < 1.29 is 27.4 Å². The summed E-state index contributed by atoms with van der Waals surface area (Å²) in [7, 11) is 2.53. The topological polar surface area (TPSA) is 48.4 Å². The number of aromatic nitrogens is 1. The van der Waals surface area contributed by atoms with Crippen LogP contribution in [-0.4, -0.2) is 25.2 Å². The lowest BCUT2D eigenvalue weighted by Crippen LogP contribution is -2.20. The molecule has 0 radical (unpaired) electrons. The summed E-state index contributed by atoms with van der Waals surface area (Å²) < 4.78 is 52.6. The summed E-state index contributed by atoms with van der Waals surface area (Å²) in [6.07, 6.45) is 0. The van der Waals surface area contributed by atoms with Gasteiger partial charge >= 0.3 is 5.97 Å². The van der Waals surface area contributed by atoms with Crippen molar-refractivity contribution in [2.24, 2.45) is 0 Å². The minimum absolute atomic E-state index is 0.244. The predicted octanol–water partition coefficient (Wildman–Crippen LogP) is 3.83. The average molecular weight is 339 g/mol. The minimum Gasteiger partial charge on any atom is -0.464 e. The molecule has 1 aromatic heterocycles. The molecule has 128 valence electrons. The van der Waals surface area contributed by atoms with Crippen LogP contribution in [0.1, 0.15) is 29.9 Å². The fraction of sp³-hybridized carbons (Fsp3) is 0.294. The van der Waals surface area contributed by atoms with Gasteiger partial charge in [0.25, 0.3) is 0 Å². The van der Waals surface area contributed by atoms with Gasteiger partial charge in [-0.25, -0.2) is 22.9 Å². The number of esters is 1. The number of rotatable bonds is 4. The smallest absolute Gasteiger partial charge is 0.356 e. The first-order chi connectivity index (χ1) is 11.2. The number of hydrogen-bond acceptors (Lipinski definition) is 4. The highest BCUT2D eigenvalue weighted by Crippen LogP contribution is 2.32. The van der Waals surface area contributed by atoms with Crippen LogP contribution in [0, 0.1) is 17.5 Å². The Bertz CT molecular complexity index is 768. The summed E-state index contributed by atoms with van der Waals surface area (Å²) in [5.74, 6) is -3.82. The van der Waals surface area contributed by atoms with Gasteiger partial charge in [0, 0.05) is 7.11 Å². The van der Waals surface area contributed by atoms with Gasteiger partial charge in [-0.15, -0.1) is 0 Å². The second kappa shape index (κ2) is 6.60. The molecule has 0 N–H and O–H groups in total. The normalized spacial score (nSPS) is 11.5. The van der Waals surface area contributed by atoms with Crippen molar-refractivity contribution in [2.45, 2.75) is 19.4 Å². The number of ether oxygens (including phenoxy) is 2. The Hall–Kier alpha value is -2.41. The van der Waals surface area contributed by atoms with Crippen LogP contribution >= 0.6 is 0 Å². The lowest BCUT2D eigenvalue weighted by atomic mass is 9.95. The Labute approximate surface area is 137 Å². The minimum atomic E-state index is -1.01. The van der Waals surface area contributed by atoms with E-state index in [1.807, 2.05) is 0 Å². The highest BCUT2D eigenvalue weighted by Gasteiger charge is 2.26. The fourth-order valence-corrected chi connectivity index (χ4v) is 2.10. The van der Waals surface area contributed by atoms with Crippen LogP contribution in [-0.2, 0) is 15.1 Å². The highest BCUT2D eigenvalue weighted by atomic mass is 19.1. The van der Waals surface area contributed by atoms with Crippen molar-refractivity contribution in [3.8, 4) is 11.3 Å². The first-order valence-corrected chi connectivity index (χ1v) is 7.01. The van der Waals surface area contributed by atoms with Crippen LogP contribution in [0.15, 0.2) is 24.3 Å². The van der Waals surface area contributed by atoms with E-state index < -0.39 is 40.3 Å². The largest absolute Gasteiger partial charge is 0.464 e. The van der Waals surface area contributed by atoms with E-state index in [4.69, 9.17) is 4.74 Å². The number of hydrogen-bond donors (Lipinski definition) is 0. The number of pyridine rings is 1. The second-order valence-electron chi connectivity index (χ2n) is 5.55. The first-order valence-electron chi connectivity index (χ1n) is 7.01. The van der Waals surface area contributed by atoms with Gasteiger partial charge in [0.2, 0.25) is 0 Å². The number of halogens is 3. The van der Waals surface area contributed by atoms with E-state index in [2.05, 4.69) is 9.72 Å². The van der Waals surface area contributed by atoms with Crippen molar-refractivity contribution in [1.29, 1.82) is 0 Å². The molecule has 2 rings (SSSR count). The summed E-state index contributed by atoms with van der Waals surface area (Å²) >= 11 is 0. The molecule has 0 spiro atoms. The molecule has 0 unspecified atom stereocenters. The van der Waals surface area contributed by atoms with E-state index in [0.717, 1.165) is 31.4 Å². The maximum Gasteiger partial charge on any atom is 0.356 e. The van der Waals surface area contributed by atoms with Crippen LogP contribution in [0.4, 0.5) is 13.2 Å². The lowest BCUT2D eigenvalue weighted by Gasteiger charge is -2.24. The average Bonchev–Trinajstić information content (AvgIpc) is 2.55. The Morgan fingerprint density at radius 1 is 1.04 bits per heavy atom. The monoisotopic (exact) mass is 339 g/mol. The first kappa shape index (κ1) is 17.9. The lowest BCUT2D eigenvalue weighted by molar-refractivity contribution is 0.0187. The molecule has 0 saturated carbocycles. The second-order valence-corrected chi connectivity index (χ2v) is 5.55. The summed E-state index contributed by atoms with van der Waals surface area (Å²) in [5, 5.41) is 0. The van der Waals surface area contributed by atoms with E-state index in [9.17, 15) is 18.0 Å². The van der Waals surface area contributed by atoms with Gasteiger partial charge in [0.05, 0.1) is 18.3 Å². The molecule has 0 aliphatic carbocycles.